The number of carbonyl (C=O) groups excluding carboxylic acids is 1. The van der Waals surface area contributed by atoms with Gasteiger partial charge in [0.1, 0.15) is 5.69 Å². The molecule has 112 valence electrons. The number of fused-ring (bicyclic) bond motifs is 1. The van der Waals surface area contributed by atoms with Gasteiger partial charge in [0.2, 0.25) is 0 Å². The highest BCUT2D eigenvalue weighted by Crippen LogP contribution is 2.14. The van der Waals surface area contributed by atoms with E-state index in [1.54, 1.807) is 30.1 Å². The molecule has 0 saturated heterocycles. The molecule has 3 aromatic rings. The Labute approximate surface area is 134 Å². The van der Waals surface area contributed by atoms with Crippen LogP contribution < -0.4 is 0 Å². The van der Waals surface area contributed by atoms with Crippen LogP contribution in [-0.2, 0) is 6.54 Å². The summed E-state index contributed by atoms with van der Waals surface area (Å²) in [7, 11) is 1.75. The second-order valence-corrected chi connectivity index (χ2v) is 5.36. The van der Waals surface area contributed by atoms with Crippen LogP contribution in [0.15, 0.2) is 60.7 Å². The maximum absolute atomic E-state index is 12.5. The fraction of sp³-hybridized carbons (Fsp3) is 0.105. The lowest BCUT2D eigenvalue weighted by molar-refractivity contribution is 0.0779. The Bertz CT molecular complexity index is 894. The topological polar surface area (TPSA) is 57.0 Å². The van der Waals surface area contributed by atoms with Gasteiger partial charge < -0.3 is 4.90 Å². The summed E-state index contributed by atoms with van der Waals surface area (Å²) in [5.41, 5.74) is 2.82. The van der Waals surface area contributed by atoms with Crippen LogP contribution in [0.2, 0.25) is 0 Å². The molecule has 23 heavy (non-hydrogen) atoms. The number of carbonyl (C=O) groups is 1. The standard InChI is InChI=1S/C19H15N3O/c1-22(13-15-8-6-14(12-20)7-9-15)19(23)18-11-10-16-4-2-3-5-17(16)21-18/h2-11H,13H2,1H3. The molecule has 4 nitrogen and oxygen atoms in total. The largest absolute Gasteiger partial charge is 0.336 e. The summed E-state index contributed by atoms with van der Waals surface area (Å²) in [5.74, 6) is -0.125. The van der Waals surface area contributed by atoms with Crippen LogP contribution in [0.5, 0.6) is 0 Å². The van der Waals surface area contributed by atoms with Gasteiger partial charge >= 0.3 is 0 Å². The predicted octanol–water partition coefficient (Wildman–Crippen LogP) is 3.38. The lowest BCUT2D eigenvalue weighted by Gasteiger charge is -2.17. The first kappa shape index (κ1) is 14.7. The van der Waals surface area contributed by atoms with E-state index in [2.05, 4.69) is 11.1 Å². The lowest BCUT2D eigenvalue weighted by atomic mass is 10.1. The Morgan fingerprint density at radius 1 is 1.09 bits per heavy atom. The van der Waals surface area contributed by atoms with E-state index in [1.807, 2.05) is 42.5 Å². The first-order valence-corrected chi connectivity index (χ1v) is 7.27. The molecule has 0 aliphatic carbocycles. The molecule has 1 heterocycles. The van der Waals surface area contributed by atoms with Gasteiger partial charge in [-0.25, -0.2) is 4.98 Å². The smallest absolute Gasteiger partial charge is 0.272 e. The summed E-state index contributed by atoms with van der Waals surface area (Å²) in [6.45, 7) is 0.471. The number of benzene rings is 2. The van der Waals surface area contributed by atoms with E-state index in [9.17, 15) is 4.79 Å². The first-order chi connectivity index (χ1) is 11.2. The van der Waals surface area contributed by atoms with Gasteiger partial charge in [-0.15, -0.1) is 0 Å². The van der Waals surface area contributed by atoms with Crippen molar-refractivity contribution in [3.8, 4) is 6.07 Å². The number of nitrogens with zero attached hydrogens (tertiary/aromatic N) is 3. The van der Waals surface area contributed by atoms with Crippen molar-refractivity contribution < 1.29 is 4.79 Å². The third kappa shape index (κ3) is 3.19. The third-order valence-electron chi connectivity index (χ3n) is 3.67. The van der Waals surface area contributed by atoms with Crippen LogP contribution in [0, 0.1) is 11.3 Å². The summed E-state index contributed by atoms with van der Waals surface area (Å²) in [5, 5.41) is 9.82. The Hall–Kier alpha value is -3.19. The van der Waals surface area contributed by atoms with Crippen LogP contribution in [0.25, 0.3) is 10.9 Å². The molecular weight excluding hydrogens is 286 g/mol. The number of aromatic nitrogens is 1. The minimum absolute atomic E-state index is 0.125. The minimum Gasteiger partial charge on any atom is -0.336 e. The second kappa shape index (κ2) is 6.29. The highest BCUT2D eigenvalue weighted by Gasteiger charge is 2.14. The van der Waals surface area contributed by atoms with Crippen LogP contribution >= 0.6 is 0 Å². The van der Waals surface area contributed by atoms with Crippen molar-refractivity contribution in [2.24, 2.45) is 0 Å². The summed E-state index contributed by atoms with van der Waals surface area (Å²) in [4.78, 5) is 18.6. The fourth-order valence-corrected chi connectivity index (χ4v) is 2.41. The van der Waals surface area contributed by atoms with Crippen molar-refractivity contribution in [2.75, 3.05) is 7.05 Å². The summed E-state index contributed by atoms with van der Waals surface area (Å²) >= 11 is 0. The molecule has 4 heteroatoms. The van der Waals surface area contributed by atoms with E-state index in [-0.39, 0.29) is 5.91 Å². The molecule has 2 aromatic carbocycles. The van der Waals surface area contributed by atoms with Crippen molar-refractivity contribution in [2.45, 2.75) is 6.54 Å². The van der Waals surface area contributed by atoms with Gasteiger partial charge in [-0.1, -0.05) is 36.4 Å². The molecule has 1 amide bonds. The molecule has 0 atom stereocenters. The maximum atomic E-state index is 12.5. The number of amides is 1. The van der Waals surface area contributed by atoms with Crippen LogP contribution in [0.3, 0.4) is 0 Å². The van der Waals surface area contributed by atoms with E-state index in [4.69, 9.17) is 5.26 Å². The first-order valence-electron chi connectivity index (χ1n) is 7.27. The van der Waals surface area contributed by atoms with Crippen LogP contribution in [-0.4, -0.2) is 22.8 Å². The van der Waals surface area contributed by atoms with Crippen molar-refractivity contribution in [1.82, 2.24) is 9.88 Å². The van der Waals surface area contributed by atoms with Crippen molar-refractivity contribution in [3.05, 3.63) is 77.5 Å². The second-order valence-electron chi connectivity index (χ2n) is 5.36. The van der Waals surface area contributed by atoms with E-state index in [0.29, 0.717) is 17.8 Å². The SMILES string of the molecule is CN(Cc1ccc(C#N)cc1)C(=O)c1ccc2ccccc2n1. The van der Waals surface area contributed by atoms with Gasteiger partial charge in [-0.3, -0.25) is 4.79 Å². The average Bonchev–Trinajstić information content (AvgIpc) is 2.61. The van der Waals surface area contributed by atoms with E-state index in [1.165, 1.54) is 0 Å². The van der Waals surface area contributed by atoms with E-state index in [0.717, 1.165) is 16.5 Å². The number of nitriles is 1. The molecule has 0 N–H and O–H groups in total. The van der Waals surface area contributed by atoms with E-state index < -0.39 is 0 Å². The Morgan fingerprint density at radius 3 is 2.57 bits per heavy atom. The van der Waals surface area contributed by atoms with Crippen LogP contribution in [0.1, 0.15) is 21.6 Å². The van der Waals surface area contributed by atoms with E-state index >= 15 is 0 Å². The normalized spacial score (nSPS) is 10.3. The summed E-state index contributed by atoms with van der Waals surface area (Å²) in [6, 6.07) is 20.7. The molecule has 0 spiro atoms. The number of hydrogen-bond acceptors (Lipinski definition) is 3. The molecule has 0 bridgehead atoms. The molecule has 0 aliphatic heterocycles. The molecule has 3 rings (SSSR count). The van der Waals surface area contributed by atoms with Gasteiger partial charge in [0.25, 0.3) is 5.91 Å². The van der Waals surface area contributed by atoms with Gasteiger partial charge in [-0.2, -0.15) is 5.26 Å². The Morgan fingerprint density at radius 2 is 1.83 bits per heavy atom. The zero-order valence-electron chi connectivity index (χ0n) is 12.7. The molecule has 1 aromatic heterocycles. The average molecular weight is 301 g/mol. The third-order valence-corrected chi connectivity index (χ3v) is 3.67. The number of para-hydroxylation sites is 1. The molecule has 0 unspecified atom stereocenters. The molecule has 0 saturated carbocycles. The van der Waals surface area contributed by atoms with Crippen molar-refractivity contribution >= 4 is 16.8 Å². The summed E-state index contributed by atoms with van der Waals surface area (Å²) in [6.07, 6.45) is 0. The predicted molar refractivity (Wildman–Crippen MR) is 88.7 cm³/mol. The zero-order valence-corrected chi connectivity index (χ0v) is 12.7. The van der Waals surface area contributed by atoms with Gasteiger partial charge in [-0.05, 0) is 29.8 Å². The quantitative estimate of drug-likeness (QED) is 0.745. The highest BCUT2D eigenvalue weighted by atomic mass is 16.2. The number of pyridine rings is 1. The highest BCUT2D eigenvalue weighted by molar-refractivity contribution is 5.94. The van der Waals surface area contributed by atoms with Gasteiger partial charge in [0, 0.05) is 19.0 Å². The van der Waals surface area contributed by atoms with Crippen LogP contribution in [0.4, 0.5) is 0 Å². The molecule has 0 radical (unpaired) electrons. The van der Waals surface area contributed by atoms with Crippen molar-refractivity contribution in [3.63, 3.8) is 0 Å². The molecular formula is C19H15N3O. The fourth-order valence-electron chi connectivity index (χ4n) is 2.41. The monoisotopic (exact) mass is 301 g/mol. The van der Waals surface area contributed by atoms with Crippen molar-refractivity contribution in [1.29, 1.82) is 5.26 Å². The van der Waals surface area contributed by atoms with Gasteiger partial charge in [0.05, 0.1) is 17.1 Å². The zero-order chi connectivity index (χ0) is 16.2. The lowest BCUT2D eigenvalue weighted by Crippen LogP contribution is -2.27. The Balaban J connectivity index is 1.78. The van der Waals surface area contributed by atoms with Gasteiger partial charge in [0.15, 0.2) is 0 Å². The minimum atomic E-state index is -0.125. The molecule has 0 aliphatic rings. The molecule has 0 fully saturated rings. The Kier molecular flexibility index (Phi) is 4.03. The number of rotatable bonds is 3. The maximum Gasteiger partial charge on any atom is 0.272 e. The number of hydrogen-bond donors (Lipinski definition) is 0. The summed E-state index contributed by atoms with van der Waals surface area (Å²) < 4.78 is 0.